The highest BCUT2D eigenvalue weighted by Crippen LogP contribution is 2.27. The minimum atomic E-state index is -0.309. The van der Waals surface area contributed by atoms with Crippen LogP contribution >= 0.6 is 27.5 Å². The standard InChI is InChI=1S/C21H14BrClN2O3/c22-13-1-10-18-19(11-13)21(27)25(20(18)26)12-24-15-4-8-17(9-5-15)28-16-6-2-14(23)3-7-16/h1-11,24H,12H2. The van der Waals surface area contributed by atoms with Crippen molar-refractivity contribution in [2.75, 3.05) is 12.0 Å². The van der Waals surface area contributed by atoms with Crippen LogP contribution in [-0.4, -0.2) is 23.4 Å². The van der Waals surface area contributed by atoms with Gasteiger partial charge in [-0.1, -0.05) is 27.5 Å². The molecule has 0 aromatic heterocycles. The number of amides is 2. The molecule has 7 heteroatoms. The van der Waals surface area contributed by atoms with Gasteiger partial charge in [-0.2, -0.15) is 0 Å². The lowest BCUT2D eigenvalue weighted by Crippen LogP contribution is -2.34. The number of benzene rings is 3. The molecule has 1 N–H and O–H groups in total. The first kappa shape index (κ1) is 18.5. The highest BCUT2D eigenvalue weighted by molar-refractivity contribution is 9.10. The van der Waals surface area contributed by atoms with Crippen LogP contribution in [0.2, 0.25) is 5.02 Å². The van der Waals surface area contributed by atoms with Crippen LogP contribution < -0.4 is 10.1 Å². The predicted octanol–water partition coefficient (Wildman–Crippen LogP) is 5.56. The van der Waals surface area contributed by atoms with E-state index in [0.29, 0.717) is 27.6 Å². The van der Waals surface area contributed by atoms with E-state index in [1.807, 2.05) is 12.1 Å². The van der Waals surface area contributed by atoms with E-state index in [-0.39, 0.29) is 18.5 Å². The maximum absolute atomic E-state index is 12.5. The number of halogens is 2. The summed E-state index contributed by atoms with van der Waals surface area (Å²) in [6.45, 7) is 0.0847. The molecule has 1 heterocycles. The van der Waals surface area contributed by atoms with Crippen molar-refractivity contribution >= 4 is 45.0 Å². The Morgan fingerprint density at radius 3 is 2.14 bits per heavy atom. The number of hydrogen-bond donors (Lipinski definition) is 1. The summed E-state index contributed by atoms with van der Waals surface area (Å²) >= 11 is 9.19. The van der Waals surface area contributed by atoms with Gasteiger partial charge in [0.15, 0.2) is 0 Å². The molecule has 2 amide bonds. The molecule has 3 aromatic carbocycles. The van der Waals surface area contributed by atoms with Gasteiger partial charge in [0.25, 0.3) is 11.8 Å². The van der Waals surface area contributed by atoms with E-state index < -0.39 is 0 Å². The number of imide groups is 1. The predicted molar refractivity (Wildman–Crippen MR) is 111 cm³/mol. The number of carbonyl (C=O) groups is 2. The molecule has 0 unspecified atom stereocenters. The number of fused-ring (bicyclic) bond motifs is 1. The molecule has 0 radical (unpaired) electrons. The number of anilines is 1. The van der Waals surface area contributed by atoms with Crippen molar-refractivity contribution < 1.29 is 14.3 Å². The summed E-state index contributed by atoms with van der Waals surface area (Å²) in [5.74, 6) is 0.736. The van der Waals surface area contributed by atoms with Crippen molar-refractivity contribution in [3.05, 3.63) is 87.4 Å². The lowest BCUT2D eigenvalue weighted by Gasteiger charge is -2.16. The number of rotatable bonds is 5. The molecule has 1 aliphatic heterocycles. The van der Waals surface area contributed by atoms with Gasteiger partial charge < -0.3 is 10.1 Å². The van der Waals surface area contributed by atoms with Gasteiger partial charge in [-0.15, -0.1) is 0 Å². The largest absolute Gasteiger partial charge is 0.457 e. The molecular formula is C21H14BrClN2O3. The van der Waals surface area contributed by atoms with E-state index in [1.54, 1.807) is 54.6 Å². The summed E-state index contributed by atoms with van der Waals surface area (Å²) in [6.07, 6.45) is 0. The quantitative estimate of drug-likeness (QED) is 0.510. The van der Waals surface area contributed by atoms with Crippen molar-refractivity contribution in [3.8, 4) is 11.5 Å². The van der Waals surface area contributed by atoms with Gasteiger partial charge in [0.1, 0.15) is 11.5 Å². The van der Waals surface area contributed by atoms with Gasteiger partial charge in [0, 0.05) is 15.2 Å². The van der Waals surface area contributed by atoms with Crippen molar-refractivity contribution in [1.29, 1.82) is 0 Å². The Balaban J connectivity index is 1.40. The Morgan fingerprint density at radius 1 is 0.857 bits per heavy atom. The average molecular weight is 458 g/mol. The van der Waals surface area contributed by atoms with Crippen molar-refractivity contribution in [2.24, 2.45) is 0 Å². The van der Waals surface area contributed by atoms with E-state index in [2.05, 4.69) is 21.2 Å². The first-order chi connectivity index (χ1) is 13.5. The van der Waals surface area contributed by atoms with E-state index in [9.17, 15) is 9.59 Å². The van der Waals surface area contributed by atoms with Crippen LogP contribution in [0.4, 0.5) is 5.69 Å². The number of nitrogens with zero attached hydrogens (tertiary/aromatic N) is 1. The van der Waals surface area contributed by atoms with Crippen LogP contribution in [0, 0.1) is 0 Å². The normalized spacial score (nSPS) is 12.9. The van der Waals surface area contributed by atoms with E-state index in [0.717, 1.165) is 10.2 Å². The maximum atomic E-state index is 12.5. The highest BCUT2D eigenvalue weighted by Gasteiger charge is 2.35. The summed E-state index contributed by atoms with van der Waals surface area (Å²) < 4.78 is 6.51. The molecule has 3 aromatic rings. The first-order valence-electron chi connectivity index (χ1n) is 8.44. The Morgan fingerprint density at radius 2 is 1.46 bits per heavy atom. The molecule has 1 aliphatic rings. The zero-order chi connectivity index (χ0) is 19.7. The summed E-state index contributed by atoms with van der Waals surface area (Å²) in [7, 11) is 0. The first-order valence-corrected chi connectivity index (χ1v) is 9.61. The zero-order valence-corrected chi connectivity index (χ0v) is 16.8. The second-order valence-electron chi connectivity index (χ2n) is 6.14. The van der Waals surface area contributed by atoms with Gasteiger partial charge in [-0.3, -0.25) is 14.5 Å². The summed E-state index contributed by atoms with van der Waals surface area (Å²) in [5.41, 5.74) is 1.59. The second kappa shape index (κ2) is 7.66. The number of hydrogen-bond acceptors (Lipinski definition) is 4. The lowest BCUT2D eigenvalue weighted by molar-refractivity contribution is 0.0666. The Bertz CT molecular complexity index is 1050. The molecule has 0 saturated carbocycles. The number of carbonyl (C=O) groups excluding carboxylic acids is 2. The molecule has 0 saturated heterocycles. The van der Waals surface area contributed by atoms with Crippen molar-refractivity contribution in [1.82, 2.24) is 4.90 Å². The monoisotopic (exact) mass is 456 g/mol. The van der Waals surface area contributed by atoms with Crippen LogP contribution in [0.3, 0.4) is 0 Å². The molecule has 140 valence electrons. The van der Waals surface area contributed by atoms with Crippen LogP contribution in [0.25, 0.3) is 0 Å². The van der Waals surface area contributed by atoms with Crippen molar-refractivity contribution in [2.45, 2.75) is 0 Å². The fourth-order valence-electron chi connectivity index (χ4n) is 2.86. The summed E-state index contributed by atoms with van der Waals surface area (Å²) in [6, 6.07) is 19.4. The number of ether oxygens (including phenoxy) is 1. The molecular weight excluding hydrogens is 444 g/mol. The van der Waals surface area contributed by atoms with Gasteiger partial charge >= 0.3 is 0 Å². The van der Waals surface area contributed by atoms with Crippen molar-refractivity contribution in [3.63, 3.8) is 0 Å². The maximum Gasteiger partial charge on any atom is 0.263 e. The minimum absolute atomic E-state index is 0.0847. The smallest absolute Gasteiger partial charge is 0.263 e. The summed E-state index contributed by atoms with van der Waals surface area (Å²) in [4.78, 5) is 26.1. The van der Waals surface area contributed by atoms with E-state index in [4.69, 9.17) is 16.3 Å². The Hall–Kier alpha value is -2.83. The van der Waals surface area contributed by atoms with Gasteiger partial charge in [0.05, 0.1) is 17.8 Å². The van der Waals surface area contributed by atoms with Crippen LogP contribution in [0.1, 0.15) is 20.7 Å². The fourth-order valence-corrected chi connectivity index (χ4v) is 3.34. The number of nitrogens with one attached hydrogen (secondary N) is 1. The molecule has 28 heavy (non-hydrogen) atoms. The zero-order valence-electron chi connectivity index (χ0n) is 14.5. The average Bonchev–Trinajstić information content (AvgIpc) is 2.93. The molecule has 0 bridgehead atoms. The van der Waals surface area contributed by atoms with Crippen LogP contribution in [0.5, 0.6) is 11.5 Å². The second-order valence-corrected chi connectivity index (χ2v) is 7.50. The van der Waals surface area contributed by atoms with Crippen LogP contribution in [0.15, 0.2) is 71.2 Å². The Labute approximate surface area is 175 Å². The molecule has 0 aliphatic carbocycles. The van der Waals surface area contributed by atoms with E-state index in [1.165, 1.54) is 4.90 Å². The van der Waals surface area contributed by atoms with E-state index >= 15 is 0 Å². The van der Waals surface area contributed by atoms with Gasteiger partial charge in [-0.25, -0.2) is 0 Å². The third-order valence-electron chi connectivity index (χ3n) is 4.28. The Kier molecular flexibility index (Phi) is 5.07. The molecule has 0 fully saturated rings. The molecule has 5 nitrogen and oxygen atoms in total. The highest BCUT2D eigenvalue weighted by atomic mass is 79.9. The topological polar surface area (TPSA) is 58.6 Å². The molecule has 0 atom stereocenters. The SMILES string of the molecule is O=C1c2ccc(Br)cc2C(=O)N1CNc1ccc(Oc2ccc(Cl)cc2)cc1. The van der Waals surface area contributed by atoms with Gasteiger partial charge in [-0.05, 0) is 66.7 Å². The third kappa shape index (κ3) is 3.74. The molecule has 4 rings (SSSR count). The fraction of sp³-hybridized carbons (Fsp3) is 0.0476. The third-order valence-corrected chi connectivity index (χ3v) is 5.02. The molecule has 0 spiro atoms. The summed E-state index contributed by atoms with van der Waals surface area (Å²) in [5, 5.41) is 3.74. The van der Waals surface area contributed by atoms with Gasteiger partial charge in [0.2, 0.25) is 0 Å². The lowest BCUT2D eigenvalue weighted by atomic mass is 10.1. The van der Waals surface area contributed by atoms with Crippen LogP contribution in [-0.2, 0) is 0 Å². The minimum Gasteiger partial charge on any atom is -0.457 e.